The molecule has 1 saturated heterocycles. The van der Waals surface area contributed by atoms with Crippen molar-refractivity contribution < 1.29 is 19.1 Å². The summed E-state index contributed by atoms with van der Waals surface area (Å²) in [7, 11) is 0. The number of carbonyl (C=O) groups excluding carboxylic acids is 3. The summed E-state index contributed by atoms with van der Waals surface area (Å²) in [5, 5.41) is 5.47. The number of nitrogens with one attached hydrogen (secondary N) is 2. The van der Waals surface area contributed by atoms with E-state index < -0.39 is 12.0 Å². The standard InChI is InChI=1S/C17H20IN3O4S/c1-3-25-14(22)9-13-16(24)19-6-7-21(13)17(26)20-15(23)11-5-4-10(2)12(18)8-11/h4-5,8,13H,3,6-7,9H2,1-2H3,(H,19,24)(H,20,23,26). The van der Waals surface area contributed by atoms with Gasteiger partial charge in [0.05, 0.1) is 13.0 Å². The van der Waals surface area contributed by atoms with Gasteiger partial charge in [-0.05, 0) is 66.4 Å². The summed E-state index contributed by atoms with van der Waals surface area (Å²) in [4.78, 5) is 37.9. The van der Waals surface area contributed by atoms with E-state index in [0.29, 0.717) is 18.7 Å². The Bertz CT molecular complexity index is 741. The van der Waals surface area contributed by atoms with Crippen molar-refractivity contribution >= 4 is 57.7 Å². The van der Waals surface area contributed by atoms with Crippen molar-refractivity contribution in [1.82, 2.24) is 15.5 Å². The number of hydrogen-bond donors (Lipinski definition) is 2. The van der Waals surface area contributed by atoms with Crippen LogP contribution < -0.4 is 10.6 Å². The van der Waals surface area contributed by atoms with Crippen LogP contribution in [0.15, 0.2) is 18.2 Å². The van der Waals surface area contributed by atoms with E-state index in [0.717, 1.165) is 9.13 Å². The lowest BCUT2D eigenvalue weighted by atomic mass is 10.1. The predicted octanol–water partition coefficient (Wildman–Crippen LogP) is 1.37. The van der Waals surface area contributed by atoms with Crippen molar-refractivity contribution in [2.45, 2.75) is 26.3 Å². The molecule has 1 aliphatic heterocycles. The quantitative estimate of drug-likeness (QED) is 0.378. The molecule has 0 aromatic heterocycles. The van der Waals surface area contributed by atoms with Crippen molar-refractivity contribution in [3.05, 3.63) is 32.9 Å². The number of piperazine rings is 1. The second-order valence-corrected chi connectivity index (χ2v) is 7.28. The normalized spacial score (nSPS) is 16.7. The molecule has 0 radical (unpaired) electrons. The summed E-state index contributed by atoms with van der Waals surface area (Å²) in [6.45, 7) is 4.68. The van der Waals surface area contributed by atoms with Gasteiger partial charge < -0.3 is 15.0 Å². The molecule has 0 spiro atoms. The molecule has 1 unspecified atom stereocenters. The first-order chi connectivity index (χ1) is 12.3. The average Bonchev–Trinajstić information content (AvgIpc) is 2.59. The van der Waals surface area contributed by atoms with Gasteiger partial charge in [-0.25, -0.2) is 0 Å². The molecular weight excluding hydrogens is 469 g/mol. The van der Waals surface area contributed by atoms with Gasteiger partial charge in [0.1, 0.15) is 6.04 Å². The van der Waals surface area contributed by atoms with Gasteiger partial charge in [0.2, 0.25) is 5.91 Å². The third kappa shape index (κ3) is 5.13. The van der Waals surface area contributed by atoms with Crippen LogP contribution in [0.4, 0.5) is 0 Å². The van der Waals surface area contributed by atoms with Gasteiger partial charge in [0.25, 0.3) is 5.91 Å². The van der Waals surface area contributed by atoms with E-state index in [9.17, 15) is 14.4 Å². The Kier molecular flexibility index (Phi) is 7.33. The van der Waals surface area contributed by atoms with Crippen LogP contribution in [0.5, 0.6) is 0 Å². The lowest BCUT2D eigenvalue weighted by molar-refractivity contribution is -0.147. The lowest BCUT2D eigenvalue weighted by Crippen LogP contribution is -2.60. The van der Waals surface area contributed by atoms with Crippen LogP contribution in [-0.4, -0.2) is 53.5 Å². The number of amides is 2. The van der Waals surface area contributed by atoms with Crippen molar-refractivity contribution in [2.75, 3.05) is 19.7 Å². The first-order valence-electron chi connectivity index (χ1n) is 8.15. The summed E-state index contributed by atoms with van der Waals surface area (Å²) in [6.07, 6.45) is -0.127. The maximum atomic E-state index is 12.5. The predicted molar refractivity (Wildman–Crippen MR) is 109 cm³/mol. The second-order valence-electron chi connectivity index (χ2n) is 5.73. The number of hydrogen-bond acceptors (Lipinski definition) is 5. The molecule has 0 saturated carbocycles. The number of thiocarbonyl (C=S) groups is 1. The van der Waals surface area contributed by atoms with E-state index in [-0.39, 0.29) is 30.0 Å². The molecule has 1 aromatic carbocycles. The third-order valence-corrected chi connectivity index (χ3v) is 5.41. The topological polar surface area (TPSA) is 87.7 Å². The van der Waals surface area contributed by atoms with Crippen molar-refractivity contribution in [2.24, 2.45) is 0 Å². The highest BCUT2D eigenvalue weighted by Crippen LogP contribution is 2.14. The van der Waals surface area contributed by atoms with Gasteiger partial charge >= 0.3 is 5.97 Å². The molecule has 1 fully saturated rings. The van der Waals surface area contributed by atoms with Crippen LogP contribution in [0.25, 0.3) is 0 Å². The number of ether oxygens (including phenoxy) is 1. The van der Waals surface area contributed by atoms with Crippen LogP contribution in [-0.2, 0) is 14.3 Å². The van der Waals surface area contributed by atoms with Gasteiger partial charge in [-0.1, -0.05) is 6.07 Å². The zero-order valence-corrected chi connectivity index (χ0v) is 17.5. The monoisotopic (exact) mass is 489 g/mol. The van der Waals surface area contributed by atoms with Crippen molar-refractivity contribution in [1.29, 1.82) is 0 Å². The minimum Gasteiger partial charge on any atom is -0.466 e. The van der Waals surface area contributed by atoms with Crippen molar-refractivity contribution in [3.8, 4) is 0 Å². The van der Waals surface area contributed by atoms with E-state index in [1.807, 2.05) is 13.0 Å². The fraction of sp³-hybridized carbons (Fsp3) is 0.412. The second kappa shape index (κ2) is 9.26. The van der Waals surface area contributed by atoms with E-state index in [4.69, 9.17) is 17.0 Å². The highest BCUT2D eigenvalue weighted by atomic mass is 127. The average molecular weight is 489 g/mol. The van der Waals surface area contributed by atoms with Crippen LogP contribution in [0, 0.1) is 10.5 Å². The molecule has 2 N–H and O–H groups in total. The van der Waals surface area contributed by atoms with E-state index >= 15 is 0 Å². The molecule has 2 rings (SSSR count). The maximum Gasteiger partial charge on any atom is 0.308 e. The Morgan fingerprint density at radius 1 is 1.46 bits per heavy atom. The molecular formula is C17H20IN3O4S. The van der Waals surface area contributed by atoms with Crippen LogP contribution in [0.1, 0.15) is 29.3 Å². The summed E-state index contributed by atoms with van der Waals surface area (Å²) in [5.74, 6) is -1.15. The minimum atomic E-state index is -0.797. The van der Waals surface area contributed by atoms with Crippen LogP contribution >= 0.6 is 34.8 Å². The molecule has 2 amide bonds. The summed E-state index contributed by atoms with van der Waals surface area (Å²) < 4.78 is 5.89. The molecule has 9 heteroatoms. The van der Waals surface area contributed by atoms with Crippen LogP contribution in [0.3, 0.4) is 0 Å². The Labute approximate surface area is 171 Å². The highest BCUT2D eigenvalue weighted by molar-refractivity contribution is 14.1. The molecule has 1 aliphatic rings. The fourth-order valence-electron chi connectivity index (χ4n) is 2.51. The first-order valence-corrected chi connectivity index (χ1v) is 9.63. The Morgan fingerprint density at radius 3 is 2.85 bits per heavy atom. The molecule has 140 valence electrons. The largest absolute Gasteiger partial charge is 0.466 e. The van der Waals surface area contributed by atoms with Crippen LogP contribution in [0.2, 0.25) is 0 Å². The lowest BCUT2D eigenvalue weighted by Gasteiger charge is -2.36. The number of carbonyl (C=O) groups is 3. The van der Waals surface area contributed by atoms with E-state index in [1.165, 1.54) is 0 Å². The van der Waals surface area contributed by atoms with Gasteiger partial charge in [0.15, 0.2) is 5.11 Å². The maximum absolute atomic E-state index is 12.5. The SMILES string of the molecule is CCOC(=O)CC1C(=O)NCCN1C(=S)NC(=O)c1ccc(C)c(I)c1. The van der Waals surface area contributed by atoms with Gasteiger partial charge in [-0.15, -0.1) is 0 Å². The Balaban J connectivity index is 2.09. The minimum absolute atomic E-state index is 0.120. The summed E-state index contributed by atoms with van der Waals surface area (Å²) in [5.41, 5.74) is 1.55. The number of benzene rings is 1. The summed E-state index contributed by atoms with van der Waals surface area (Å²) in [6, 6.07) is 4.55. The molecule has 26 heavy (non-hydrogen) atoms. The molecule has 0 aliphatic carbocycles. The number of nitrogens with zero attached hydrogens (tertiary/aromatic N) is 1. The van der Waals surface area contributed by atoms with Crippen molar-refractivity contribution in [3.63, 3.8) is 0 Å². The zero-order chi connectivity index (χ0) is 19.3. The molecule has 1 heterocycles. The molecule has 7 nitrogen and oxygen atoms in total. The van der Waals surface area contributed by atoms with Gasteiger partial charge in [0, 0.05) is 22.2 Å². The molecule has 0 bridgehead atoms. The van der Waals surface area contributed by atoms with Gasteiger partial charge in [-0.3, -0.25) is 19.7 Å². The zero-order valence-electron chi connectivity index (χ0n) is 14.5. The van der Waals surface area contributed by atoms with E-state index in [1.54, 1.807) is 24.0 Å². The molecule has 1 atom stereocenters. The number of esters is 1. The molecule has 1 aromatic rings. The number of rotatable bonds is 4. The van der Waals surface area contributed by atoms with E-state index in [2.05, 4.69) is 33.2 Å². The fourth-order valence-corrected chi connectivity index (χ4v) is 3.34. The first kappa shape index (κ1) is 20.6. The summed E-state index contributed by atoms with van der Waals surface area (Å²) >= 11 is 7.48. The smallest absolute Gasteiger partial charge is 0.308 e. The Morgan fingerprint density at radius 2 is 2.19 bits per heavy atom. The third-order valence-electron chi connectivity index (χ3n) is 3.91. The van der Waals surface area contributed by atoms with Gasteiger partial charge in [-0.2, -0.15) is 0 Å². The number of halogens is 1. The Hall–Kier alpha value is -1.75. The number of aryl methyl sites for hydroxylation is 1. The highest BCUT2D eigenvalue weighted by Gasteiger charge is 2.34.